The first-order valence-electron chi connectivity index (χ1n) is 12.3. The zero-order valence-corrected chi connectivity index (χ0v) is 25.3. The molecule has 0 spiro atoms. The van der Waals surface area contributed by atoms with Crippen molar-refractivity contribution in [2.75, 3.05) is 17.4 Å². The third-order valence-corrected chi connectivity index (χ3v) is 8.83. The van der Waals surface area contributed by atoms with Crippen molar-refractivity contribution in [3.8, 4) is 0 Å². The molecule has 3 rings (SSSR count). The van der Waals surface area contributed by atoms with Crippen LogP contribution in [0, 0.1) is 0 Å². The molecule has 0 saturated carbocycles. The SMILES string of the molecule is CCCCNC(=O)C(C)N(Cc1ccc(Br)cc1)C(=O)CN(c1ccc(Br)cc1)S(=O)(=O)c1ccccc1. The number of nitrogens with one attached hydrogen (secondary N) is 1. The molecule has 0 heterocycles. The van der Waals surface area contributed by atoms with Gasteiger partial charge in [-0.25, -0.2) is 8.42 Å². The number of unbranched alkanes of at least 4 members (excludes halogenated alkanes) is 1. The van der Waals surface area contributed by atoms with Crippen LogP contribution in [0.5, 0.6) is 0 Å². The van der Waals surface area contributed by atoms with Crippen molar-refractivity contribution in [1.82, 2.24) is 10.2 Å². The van der Waals surface area contributed by atoms with Gasteiger partial charge in [-0.05, 0) is 67.4 Å². The Hall–Kier alpha value is -2.69. The highest BCUT2D eigenvalue weighted by Crippen LogP contribution is 2.26. The fourth-order valence-corrected chi connectivity index (χ4v) is 5.72. The minimum atomic E-state index is -4.07. The number of hydrogen-bond donors (Lipinski definition) is 1. The van der Waals surface area contributed by atoms with Crippen molar-refractivity contribution in [1.29, 1.82) is 0 Å². The molecule has 0 radical (unpaired) electrons. The van der Waals surface area contributed by atoms with Crippen molar-refractivity contribution in [2.24, 2.45) is 0 Å². The van der Waals surface area contributed by atoms with E-state index in [2.05, 4.69) is 37.2 Å². The number of nitrogens with zero attached hydrogens (tertiary/aromatic N) is 2. The predicted octanol–water partition coefficient (Wildman–Crippen LogP) is 5.74. The highest BCUT2D eigenvalue weighted by atomic mass is 79.9. The number of carbonyl (C=O) groups excluding carboxylic acids is 2. The van der Waals surface area contributed by atoms with Gasteiger partial charge in [0.05, 0.1) is 10.6 Å². The van der Waals surface area contributed by atoms with E-state index in [1.54, 1.807) is 49.4 Å². The summed E-state index contributed by atoms with van der Waals surface area (Å²) in [6, 6.07) is 21.3. The highest BCUT2D eigenvalue weighted by Gasteiger charge is 2.32. The summed E-state index contributed by atoms with van der Waals surface area (Å²) in [6.07, 6.45) is 1.75. The molecule has 7 nitrogen and oxygen atoms in total. The molecule has 38 heavy (non-hydrogen) atoms. The Bertz CT molecular complexity index is 1320. The van der Waals surface area contributed by atoms with Gasteiger partial charge in [0.1, 0.15) is 12.6 Å². The maximum absolute atomic E-state index is 13.8. The van der Waals surface area contributed by atoms with Gasteiger partial charge in [0.2, 0.25) is 11.8 Å². The van der Waals surface area contributed by atoms with Crippen molar-refractivity contribution >= 4 is 59.4 Å². The van der Waals surface area contributed by atoms with Crippen LogP contribution >= 0.6 is 31.9 Å². The van der Waals surface area contributed by atoms with Gasteiger partial charge in [0.15, 0.2) is 0 Å². The summed E-state index contributed by atoms with van der Waals surface area (Å²) < 4.78 is 30.2. The largest absolute Gasteiger partial charge is 0.354 e. The molecular weight excluding hydrogens is 634 g/mol. The van der Waals surface area contributed by atoms with Crippen molar-refractivity contribution in [3.63, 3.8) is 0 Å². The Morgan fingerprint density at radius 2 is 1.47 bits per heavy atom. The molecule has 0 aliphatic heterocycles. The lowest BCUT2D eigenvalue weighted by atomic mass is 10.1. The third-order valence-electron chi connectivity index (χ3n) is 5.99. The molecule has 0 aliphatic rings. The zero-order valence-electron chi connectivity index (χ0n) is 21.3. The van der Waals surface area contributed by atoms with E-state index in [1.807, 2.05) is 31.2 Å². The van der Waals surface area contributed by atoms with E-state index < -0.39 is 28.5 Å². The molecule has 3 aromatic rings. The van der Waals surface area contributed by atoms with Gasteiger partial charge in [0.25, 0.3) is 10.0 Å². The number of halogens is 2. The Kier molecular flexibility index (Phi) is 10.9. The molecular formula is C28H31Br2N3O4S. The highest BCUT2D eigenvalue weighted by molar-refractivity contribution is 9.10. The van der Waals surface area contributed by atoms with Gasteiger partial charge in [-0.15, -0.1) is 0 Å². The van der Waals surface area contributed by atoms with Crippen LogP contribution in [0.3, 0.4) is 0 Å². The first-order chi connectivity index (χ1) is 18.1. The summed E-state index contributed by atoms with van der Waals surface area (Å²) in [7, 11) is -4.07. The third kappa shape index (κ3) is 7.91. The molecule has 1 unspecified atom stereocenters. The number of carbonyl (C=O) groups is 2. The number of sulfonamides is 1. The Labute approximate surface area is 241 Å². The van der Waals surface area contributed by atoms with Crippen molar-refractivity contribution in [2.45, 2.75) is 44.2 Å². The fraction of sp³-hybridized carbons (Fsp3) is 0.286. The smallest absolute Gasteiger partial charge is 0.264 e. The van der Waals surface area contributed by atoms with E-state index in [-0.39, 0.29) is 17.3 Å². The molecule has 2 amide bonds. The molecule has 1 atom stereocenters. The van der Waals surface area contributed by atoms with E-state index in [0.717, 1.165) is 31.7 Å². The number of benzene rings is 3. The summed E-state index contributed by atoms with van der Waals surface area (Å²) in [4.78, 5) is 28.3. The van der Waals surface area contributed by atoms with Crippen LogP contribution in [0.2, 0.25) is 0 Å². The van der Waals surface area contributed by atoms with Gasteiger partial charge >= 0.3 is 0 Å². The maximum atomic E-state index is 13.8. The average molecular weight is 665 g/mol. The normalized spacial score (nSPS) is 12.0. The summed E-state index contributed by atoms with van der Waals surface area (Å²) in [5, 5.41) is 2.88. The topological polar surface area (TPSA) is 86.8 Å². The van der Waals surface area contributed by atoms with Gasteiger partial charge in [-0.1, -0.05) is 75.5 Å². The van der Waals surface area contributed by atoms with Crippen molar-refractivity contribution in [3.05, 3.63) is 93.4 Å². The standard InChI is InChI=1S/C28H31Br2N3O4S/c1-3-4-18-31-28(35)21(2)32(19-22-10-12-23(29)13-11-22)27(34)20-33(25-16-14-24(30)15-17-25)38(36,37)26-8-6-5-7-9-26/h5-17,21H,3-4,18-20H2,1-2H3,(H,31,35). The van der Waals surface area contributed by atoms with E-state index in [9.17, 15) is 18.0 Å². The van der Waals surface area contributed by atoms with Crippen LogP contribution < -0.4 is 9.62 Å². The molecule has 10 heteroatoms. The van der Waals surface area contributed by atoms with Gasteiger partial charge in [0, 0.05) is 22.0 Å². The van der Waals surface area contributed by atoms with Gasteiger partial charge in [-0.3, -0.25) is 13.9 Å². The van der Waals surface area contributed by atoms with E-state index in [4.69, 9.17) is 0 Å². The minimum Gasteiger partial charge on any atom is -0.354 e. The van der Waals surface area contributed by atoms with E-state index in [1.165, 1.54) is 17.0 Å². The maximum Gasteiger partial charge on any atom is 0.264 e. The first-order valence-corrected chi connectivity index (χ1v) is 15.3. The molecule has 3 aromatic carbocycles. The summed E-state index contributed by atoms with van der Waals surface area (Å²) in [5.74, 6) is -0.779. The Morgan fingerprint density at radius 3 is 2.05 bits per heavy atom. The van der Waals surface area contributed by atoms with Gasteiger partial charge < -0.3 is 10.2 Å². The number of hydrogen-bond acceptors (Lipinski definition) is 4. The number of anilines is 1. The first kappa shape index (κ1) is 29.9. The van der Waals surface area contributed by atoms with Crippen LogP contribution in [-0.2, 0) is 26.2 Å². The minimum absolute atomic E-state index is 0.0699. The quantitative estimate of drug-likeness (QED) is 0.250. The predicted molar refractivity (Wildman–Crippen MR) is 157 cm³/mol. The van der Waals surface area contributed by atoms with Crippen LogP contribution in [0.1, 0.15) is 32.3 Å². The molecule has 1 N–H and O–H groups in total. The van der Waals surface area contributed by atoms with E-state index in [0.29, 0.717) is 12.2 Å². The lowest BCUT2D eigenvalue weighted by Gasteiger charge is -2.32. The fourth-order valence-electron chi connectivity index (χ4n) is 3.76. The zero-order chi connectivity index (χ0) is 27.7. The van der Waals surface area contributed by atoms with Crippen molar-refractivity contribution < 1.29 is 18.0 Å². The van der Waals surface area contributed by atoms with Crippen LogP contribution in [-0.4, -0.2) is 44.3 Å². The van der Waals surface area contributed by atoms with Crippen LogP contribution in [0.25, 0.3) is 0 Å². The number of amides is 2. The lowest BCUT2D eigenvalue weighted by Crippen LogP contribution is -2.51. The molecule has 0 fully saturated rings. The van der Waals surface area contributed by atoms with Gasteiger partial charge in [-0.2, -0.15) is 0 Å². The molecule has 0 aliphatic carbocycles. The summed E-state index contributed by atoms with van der Waals surface area (Å²) in [6.45, 7) is 3.87. The summed E-state index contributed by atoms with van der Waals surface area (Å²) >= 11 is 6.79. The van der Waals surface area contributed by atoms with Crippen LogP contribution in [0.15, 0.2) is 92.7 Å². The average Bonchev–Trinajstić information content (AvgIpc) is 2.92. The Balaban J connectivity index is 1.97. The second kappa shape index (κ2) is 13.9. The molecule has 0 bridgehead atoms. The molecule has 0 saturated heterocycles. The molecule has 202 valence electrons. The summed E-state index contributed by atoms with van der Waals surface area (Å²) in [5.41, 5.74) is 1.16. The monoisotopic (exact) mass is 663 g/mol. The lowest BCUT2D eigenvalue weighted by molar-refractivity contribution is -0.139. The van der Waals surface area contributed by atoms with E-state index >= 15 is 0 Å². The molecule has 0 aromatic heterocycles. The van der Waals surface area contributed by atoms with Crippen LogP contribution in [0.4, 0.5) is 5.69 Å². The second-order valence-electron chi connectivity index (χ2n) is 8.77. The second-order valence-corrected chi connectivity index (χ2v) is 12.5. The Morgan fingerprint density at radius 1 is 0.895 bits per heavy atom. The number of rotatable bonds is 12.